The summed E-state index contributed by atoms with van der Waals surface area (Å²) in [7, 11) is 3.67. The number of methoxy groups -OCH3 is 1. The zero-order valence-corrected chi connectivity index (χ0v) is 19.8. The van der Waals surface area contributed by atoms with Gasteiger partial charge in [-0.3, -0.25) is 4.79 Å². The second-order valence-corrected chi connectivity index (χ2v) is 9.17. The Morgan fingerprint density at radius 1 is 1.16 bits per heavy atom. The lowest BCUT2D eigenvalue weighted by Crippen LogP contribution is -2.47. The standard InChI is InChI=1S/C22H28ClN3O5S/c1-26-9-7-15-3-4-17(13-16(15)8-10-26)24-21(27)18(14-30-12-11-29-2)25-22(28)31-20-6-5-19(23)32-20/h3-6,13,18H,7-12,14H2,1-2H3,(H,24,27)(H,25,28). The van der Waals surface area contributed by atoms with Gasteiger partial charge < -0.3 is 29.7 Å². The number of fused-ring (bicyclic) bond motifs is 1. The molecule has 2 N–H and O–H groups in total. The van der Waals surface area contributed by atoms with Crippen molar-refractivity contribution in [1.29, 1.82) is 0 Å². The Morgan fingerprint density at radius 3 is 2.66 bits per heavy atom. The Balaban J connectivity index is 1.64. The number of hydrogen-bond donors (Lipinski definition) is 2. The highest BCUT2D eigenvalue weighted by Gasteiger charge is 2.23. The monoisotopic (exact) mass is 481 g/mol. The minimum absolute atomic E-state index is 0.0226. The minimum Gasteiger partial charge on any atom is -0.399 e. The summed E-state index contributed by atoms with van der Waals surface area (Å²) in [5.74, 6) is -0.394. The van der Waals surface area contributed by atoms with Gasteiger partial charge in [-0.2, -0.15) is 0 Å². The fourth-order valence-electron chi connectivity index (χ4n) is 3.29. The summed E-state index contributed by atoms with van der Waals surface area (Å²) in [6.45, 7) is 2.64. The van der Waals surface area contributed by atoms with E-state index in [0.29, 0.717) is 28.3 Å². The number of halogens is 1. The number of nitrogens with zero attached hydrogens (tertiary/aromatic N) is 1. The third-order valence-electron chi connectivity index (χ3n) is 5.07. The average molecular weight is 482 g/mol. The number of carbonyl (C=O) groups is 2. The van der Waals surface area contributed by atoms with E-state index in [9.17, 15) is 9.59 Å². The van der Waals surface area contributed by atoms with Crippen molar-refractivity contribution < 1.29 is 23.8 Å². The first-order chi connectivity index (χ1) is 15.4. The van der Waals surface area contributed by atoms with Gasteiger partial charge in [0, 0.05) is 25.9 Å². The van der Waals surface area contributed by atoms with Crippen molar-refractivity contribution in [2.24, 2.45) is 0 Å². The summed E-state index contributed by atoms with van der Waals surface area (Å²) >= 11 is 6.99. The molecule has 2 amide bonds. The molecule has 8 nitrogen and oxygen atoms in total. The lowest BCUT2D eigenvalue weighted by Gasteiger charge is -2.19. The number of carbonyl (C=O) groups excluding carboxylic acids is 2. The lowest BCUT2D eigenvalue weighted by molar-refractivity contribution is -0.119. The van der Waals surface area contributed by atoms with Gasteiger partial charge in [0.1, 0.15) is 6.04 Å². The number of benzene rings is 1. The van der Waals surface area contributed by atoms with Crippen LogP contribution in [0, 0.1) is 0 Å². The van der Waals surface area contributed by atoms with Gasteiger partial charge >= 0.3 is 6.09 Å². The van der Waals surface area contributed by atoms with Crippen LogP contribution in [0.5, 0.6) is 5.06 Å². The van der Waals surface area contributed by atoms with Crippen molar-refractivity contribution in [3.05, 3.63) is 45.8 Å². The number of rotatable bonds is 9. The van der Waals surface area contributed by atoms with E-state index in [1.807, 2.05) is 12.1 Å². The minimum atomic E-state index is -0.945. The SMILES string of the molecule is COCCOCC(NC(=O)Oc1ccc(Cl)s1)C(=O)Nc1ccc2c(c1)CCN(C)CC2. The number of ether oxygens (including phenoxy) is 3. The summed E-state index contributed by atoms with van der Waals surface area (Å²) in [6, 6.07) is 8.21. The molecule has 0 bridgehead atoms. The van der Waals surface area contributed by atoms with Crippen LogP contribution in [0.25, 0.3) is 0 Å². The molecule has 0 saturated carbocycles. The molecule has 1 aliphatic rings. The van der Waals surface area contributed by atoms with Crippen LogP contribution in [0.2, 0.25) is 4.34 Å². The van der Waals surface area contributed by atoms with E-state index in [1.54, 1.807) is 19.2 Å². The number of nitrogens with one attached hydrogen (secondary N) is 2. The largest absolute Gasteiger partial charge is 0.414 e. The van der Waals surface area contributed by atoms with Crippen molar-refractivity contribution in [1.82, 2.24) is 10.2 Å². The van der Waals surface area contributed by atoms with Gasteiger partial charge in [-0.15, -0.1) is 0 Å². The van der Waals surface area contributed by atoms with E-state index in [2.05, 4.69) is 28.6 Å². The lowest BCUT2D eigenvalue weighted by atomic mass is 10.0. The molecule has 1 aromatic carbocycles. The van der Waals surface area contributed by atoms with E-state index in [-0.39, 0.29) is 6.61 Å². The fraction of sp³-hybridized carbons (Fsp3) is 0.455. The van der Waals surface area contributed by atoms with Crippen LogP contribution >= 0.6 is 22.9 Å². The summed E-state index contributed by atoms with van der Waals surface area (Å²) in [4.78, 5) is 27.5. The molecular weight excluding hydrogens is 454 g/mol. The van der Waals surface area contributed by atoms with Crippen molar-refractivity contribution in [2.75, 3.05) is 52.4 Å². The highest BCUT2D eigenvalue weighted by molar-refractivity contribution is 7.17. The van der Waals surface area contributed by atoms with Crippen molar-refractivity contribution in [3.63, 3.8) is 0 Å². The van der Waals surface area contributed by atoms with Gasteiger partial charge in [0.15, 0.2) is 5.06 Å². The van der Waals surface area contributed by atoms with E-state index < -0.39 is 18.0 Å². The van der Waals surface area contributed by atoms with Gasteiger partial charge in [0.05, 0.1) is 24.2 Å². The molecule has 0 saturated heterocycles. The van der Waals surface area contributed by atoms with Gasteiger partial charge in [-0.25, -0.2) is 4.79 Å². The summed E-state index contributed by atoms with van der Waals surface area (Å²) in [6.07, 6.45) is 1.15. The topological polar surface area (TPSA) is 89.1 Å². The maximum absolute atomic E-state index is 12.9. The Morgan fingerprint density at radius 2 is 1.94 bits per heavy atom. The Kier molecular flexibility index (Phi) is 9.31. The van der Waals surface area contributed by atoms with Crippen molar-refractivity contribution >= 4 is 40.6 Å². The molecule has 32 heavy (non-hydrogen) atoms. The Labute approximate surface area is 196 Å². The third-order valence-corrected chi connectivity index (χ3v) is 6.18. The molecule has 0 spiro atoms. The average Bonchev–Trinajstić information content (AvgIpc) is 3.07. The zero-order chi connectivity index (χ0) is 22.9. The highest BCUT2D eigenvalue weighted by atomic mass is 35.5. The molecule has 0 fully saturated rings. The predicted octanol–water partition coefficient (Wildman–Crippen LogP) is 3.19. The van der Waals surface area contributed by atoms with Crippen molar-refractivity contribution in [3.8, 4) is 5.06 Å². The van der Waals surface area contributed by atoms with Crippen LogP contribution in [0.1, 0.15) is 11.1 Å². The van der Waals surface area contributed by atoms with Crippen LogP contribution in [-0.4, -0.2) is 70.0 Å². The van der Waals surface area contributed by atoms with Gasteiger partial charge in [0.25, 0.3) is 0 Å². The molecular formula is C22H28ClN3O5S. The number of thiophene rings is 1. The highest BCUT2D eigenvalue weighted by Crippen LogP contribution is 2.28. The van der Waals surface area contributed by atoms with Gasteiger partial charge in [-0.1, -0.05) is 29.0 Å². The molecule has 10 heteroatoms. The molecule has 3 rings (SSSR count). The van der Waals surface area contributed by atoms with Gasteiger partial charge in [0.2, 0.25) is 5.91 Å². The fourth-order valence-corrected chi connectivity index (χ4v) is 4.16. The van der Waals surface area contributed by atoms with Crippen molar-refractivity contribution in [2.45, 2.75) is 18.9 Å². The molecule has 1 atom stereocenters. The number of anilines is 1. The van der Waals surface area contributed by atoms with Gasteiger partial charge in [-0.05, 0) is 55.3 Å². The maximum atomic E-state index is 12.9. The number of amides is 2. The van der Waals surface area contributed by atoms with E-state index in [1.165, 1.54) is 11.1 Å². The quantitative estimate of drug-likeness (QED) is 0.535. The van der Waals surface area contributed by atoms with Crippen LogP contribution in [0.15, 0.2) is 30.3 Å². The van der Waals surface area contributed by atoms with Crippen LogP contribution in [0.3, 0.4) is 0 Å². The first-order valence-electron chi connectivity index (χ1n) is 10.4. The van der Waals surface area contributed by atoms with Crippen LogP contribution in [-0.2, 0) is 27.1 Å². The second-order valence-electron chi connectivity index (χ2n) is 7.49. The smallest absolute Gasteiger partial charge is 0.399 e. The zero-order valence-electron chi connectivity index (χ0n) is 18.2. The molecule has 1 aromatic heterocycles. The van der Waals surface area contributed by atoms with E-state index in [4.69, 9.17) is 25.8 Å². The summed E-state index contributed by atoms with van der Waals surface area (Å²) in [5, 5.41) is 5.79. The molecule has 2 heterocycles. The number of hydrogen-bond acceptors (Lipinski definition) is 7. The Hall–Kier alpha value is -2.17. The molecule has 0 aliphatic carbocycles. The van der Waals surface area contributed by atoms with Crippen LogP contribution < -0.4 is 15.4 Å². The van der Waals surface area contributed by atoms with Crippen LogP contribution in [0.4, 0.5) is 10.5 Å². The normalized spacial score (nSPS) is 14.8. The predicted molar refractivity (Wildman–Crippen MR) is 125 cm³/mol. The molecule has 1 unspecified atom stereocenters. The molecule has 1 aliphatic heterocycles. The molecule has 2 aromatic rings. The summed E-state index contributed by atoms with van der Waals surface area (Å²) in [5.41, 5.74) is 3.20. The first-order valence-corrected chi connectivity index (χ1v) is 11.6. The summed E-state index contributed by atoms with van der Waals surface area (Å²) < 4.78 is 16.2. The second kappa shape index (κ2) is 12.2. The molecule has 0 radical (unpaired) electrons. The van der Waals surface area contributed by atoms with E-state index >= 15 is 0 Å². The van der Waals surface area contributed by atoms with E-state index in [0.717, 1.165) is 37.3 Å². The molecule has 174 valence electrons. The first kappa shape index (κ1) is 24.5. The third kappa shape index (κ3) is 7.46. The Bertz CT molecular complexity index is 923. The number of likely N-dealkylation sites (N-methyl/N-ethyl adjacent to an activating group) is 1. The maximum Gasteiger partial charge on any atom is 0.414 e.